The van der Waals surface area contributed by atoms with Crippen molar-refractivity contribution >= 4 is 29.5 Å². The number of piperazine rings is 1. The van der Waals surface area contributed by atoms with Crippen LogP contribution in [0.25, 0.3) is 11.4 Å². The topological polar surface area (TPSA) is 41.3 Å². The zero-order valence-electron chi connectivity index (χ0n) is 14.4. The van der Waals surface area contributed by atoms with Gasteiger partial charge in [0, 0.05) is 16.3 Å². The van der Waals surface area contributed by atoms with Gasteiger partial charge in [0.25, 0.3) is 0 Å². The molecule has 1 aliphatic heterocycles. The highest BCUT2D eigenvalue weighted by atomic mass is 35.5. The number of hydrogen-bond donors (Lipinski definition) is 2. The van der Waals surface area contributed by atoms with Gasteiger partial charge in [0.05, 0.1) is 26.2 Å². The van der Waals surface area contributed by atoms with Crippen molar-refractivity contribution in [3.05, 3.63) is 64.4 Å². The summed E-state index contributed by atoms with van der Waals surface area (Å²) in [5.74, 6) is 0.826. The van der Waals surface area contributed by atoms with Crippen LogP contribution in [-0.2, 0) is 6.67 Å². The lowest BCUT2D eigenvalue weighted by molar-refractivity contribution is -0.924. The van der Waals surface area contributed by atoms with E-state index in [0.717, 1.165) is 49.3 Å². The highest BCUT2D eigenvalue weighted by molar-refractivity contribution is 7.71. The van der Waals surface area contributed by atoms with Crippen LogP contribution in [0.2, 0.25) is 5.02 Å². The van der Waals surface area contributed by atoms with Gasteiger partial charge >= 0.3 is 0 Å². The molecule has 2 heterocycles. The number of aromatic amines is 1. The molecule has 2 aromatic carbocycles. The maximum atomic E-state index is 6.11. The molecular formula is C19H21ClN5S+. The van der Waals surface area contributed by atoms with Gasteiger partial charge in [-0.1, -0.05) is 48.0 Å². The van der Waals surface area contributed by atoms with Crippen LogP contribution < -0.4 is 9.80 Å². The number of rotatable bonds is 4. The summed E-state index contributed by atoms with van der Waals surface area (Å²) in [6, 6.07) is 18.2. The second-order valence-corrected chi connectivity index (χ2v) is 7.33. The summed E-state index contributed by atoms with van der Waals surface area (Å²) in [5, 5.41) is 4.13. The zero-order valence-corrected chi connectivity index (χ0v) is 15.9. The first-order chi connectivity index (χ1) is 12.7. The Morgan fingerprint density at radius 1 is 1.08 bits per heavy atom. The quantitative estimate of drug-likeness (QED) is 0.677. The summed E-state index contributed by atoms with van der Waals surface area (Å²) in [4.78, 5) is 8.38. The van der Waals surface area contributed by atoms with Gasteiger partial charge in [-0.15, -0.1) is 0 Å². The molecule has 1 aliphatic rings. The van der Waals surface area contributed by atoms with Crippen molar-refractivity contribution in [3.8, 4) is 11.4 Å². The van der Waals surface area contributed by atoms with Crippen molar-refractivity contribution in [2.45, 2.75) is 6.67 Å². The minimum Gasteiger partial charge on any atom is -0.360 e. The Morgan fingerprint density at radius 2 is 1.85 bits per heavy atom. The predicted octanol–water partition coefficient (Wildman–Crippen LogP) is 2.62. The third-order valence-corrected chi connectivity index (χ3v) is 5.30. The van der Waals surface area contributed by atoms with Crippen LogP contribution in [0.15, 0.2) is 54.6 Å². The molecule has 5 nitrogen and oxygen atoms in total. The highest BCUT2D eigenvalue weighted by Crippen LogP contribution is 2.19. The van der Waals surface area contributed by atoms with E-state index in [1.807, 2.05) is 53.2 Å². The normalized spacial score (nSPS) is 15.3. The Morgan fingerprint density at radius 3 is 2.58 bits per heavy atom. The Kier molecular flexibility index (Phi) is 5.06. The van der Waals surface area contributed by atoms with E-state index in [-0.39, 0.29) is 0 Å². The minimum atomic E-state index is 0.605. The van der Waals surface area contributed by atoms with Crippen molar-refractivity contribution in [1.82, 2.24) is 14.8 Å². The van der Waals surface area contributed by atoms with Crippen LogP contribution in [0, 0.1) is 4.77 Å². The third kappa shape index (κ3) is 3.82. The van der Waals surface area contributed by atoms with Gasteiger partial charge in [-0.05, 0) is 30.4 Å². The molecule has 26 heavy (non-hydrogen) atoms. The van der Waals surface area contributed by atoms with Gasteiger partial charge in [-0.2, -0.15) is 4.98 Å². The van der Waals surface area contributed by atoms with Gasteiger partial charge in [0.1, 0.15) is 0 Å². The summed E-state index contributed by atoms with van der Waals surface area (Å²) >= 11 is 11.6. The third-order valence-electron chi connectivity index (χ3n) is 4.75. The first kappa shape index (κ1) is 17.3. The SMILES string of the molecule is S=c1nc(-c2ccccc2)[nH]n1C[NH+]1CCN(c2cccc(Cl)c2)CC1. The summed E-state index contributed by atoms with van der Waals surface area (Å²) in [7, 11) is 0. The molecule has 0 radical (unpaired) electrons. The number of quaternary nitrogens is 1. The fourth-order valence-electron chi connectivity index (χ4n) is 3.32. The highest BCUT2D eigenvalue weighted by Gasteiger charge is 2.21. The molecule has 0 saturated carbocycles. The molecule has 0 aliphatic carbocycles. The first-order valence-electron chi connectivity index (χ1n) is 8.75. The Labute approximate surface area is 162 Å². The molecular weight excluding hydrogens is 366 g/mol. The summed E-state index contributed by atoms with van der Waals surface area (Å²) < 4.78 is 2.58. The zero-order chi connectivity index (χ0) is 17.9. The molecule has 1 aromatic heterocycles. The van der Waals surface area contributed by atoms with E-state index >= 15 is 0 Å². The molecule has 0 atom stereocenters. The molecule has 1 saturated heterocycles. The monoisotopic (exact) mass is 386 g/mol. The predicted molar refractivity (Wildman–Crippen MR) is 107 cm³/mol. The molecule has 0 bridgehead atoms. The maximum Gasteiger partial charge on any atom is 0.221 e. The summed E-state index contributed by atoms with van der Waals surface area (Å²) in [6.07, 6.45) is 0. The number of H-pyrrole nitrogens is 1. The number of nitrogens with one attached hydrogen (secondary N) is 2. The smallest absolute Gasteiger partial charge is 0.221 e. The van der Waals surface area contributed by atoms with Crippen molar-refractivity contribution in [2.75, 3.05) is 31.1 Å². The van der Waals surface area contributed by atoms with E-state index in [9.17, 15) is 0 Å². The van der Waals surface area contributed by atoms with E-state index in [2.05, 4.69) is 21.0 Å². The summed E-state index contributed by atoms with van der Waals surface area (Å²) in [6.45, 7) is 4.91. The van der Waals surface area contributed by atoms with E-state index in [0.29, 0.717) is 4.77 Å². The van der Waals surface area contributed by atoms with E-state index < -0.39 is 0 Å². The lowest BCUT2D eigenvalue weighted by Crippen LogP contribution is -3.14. The van der Waals surface area contributed by atoms with E-state index in [4.69, 9.17) is 23.8 Å². The van der Waals surface area contributed by atoms with Crippen molar-refractivity contribution < 1.29 is 4.90 Å². The fourth-order valence-corrected chi connectivity index (χ4v) is 3.71. The molecule has 7 heteroatoms. The van der Waals surface area contributed by atoms with Crippen LogP contribution in [0.1, 0.15) is 0 Å². The molecule has 0 spiro atoms. The number of halogens is 1. The fraction of sp³-hybridized carbons (Fsp3) is 0.263. The van der Waals surface area contributed by atoms with Gasteiger partial charge in [0.15, 0.2) is 12.5 Å². The largest absolute Gasteiger partial charge is 0.360 e. The molecule has 3 aromatic rings. The van der Waals surface area contributed by atoms with E-state index in [1.165, 1.54) is 10.6 Å². The molecule has 2 N–H and O–H groups in total. The van der Waals surface area contributed by atoms with Crippen LogP contribution in [0.4, 0.5) is 5.69 Å². The van der Waals surface area contributed by atoms with Crippen molar-refractivity contribution in [2.24, 2.45) is 0 Å². The van der Waals surface area contributed by atoms with Crippen molar-refractivity contribution in [3.63, 3.8) is 0 Å². The van der Waals surface area contributed by atoms with E-state index in [1.54, 1.807) is 0 Å². The van der Waals surface area contributed by atoms with Crippen LogP contribution in [-0.4, -0.2) is 40.9 Å². The molecule has 0 unspecified atom stereocenters. The number of benzene rings is 2. The van der Waals surface area contributed by atoms with Gasteiger partial charge < -0.3 is 9.80 Å². The lowest BCUT2D eigenvalue weighted by Gasteiger charge is -2.33. The molecule has 134 valence electrons. The molecule has 1 fully saturated rings. The lowest BCUT2D eigenvalue weighted by atomic mass is 10.2. The number of aromatic nitrogens is 3. The van der Waals surface area contributed by atoms with Crippen LogP contribution in [0.3, 0.4) is 0 Å². The molecule has 0 amide bonds. The van der Waals surface area contributed by atoms with Crippen LogP contribution >= 0.6 is 23.8 Å². The Hall–Kier alpha value is -2.15. The van der Waals surface area contributed by atoms with Gasteiger partial charge in [-0.3, -0.25) is 5.10 Å². The average molecular weight is 387 g/mol. The number of anilines is 1. The molecule has 4 rings (SSSR count). The van der Waals surface area contributed by atoms with Crippen LogP contribution in [0.5, 0.6) is 0 Å². The van der Waals surface area contributed by atoms with Gasteiger partial charge in [-0.25, -0.2) is 4.68 Å². The number of hydrogen-bond acceptors (Lipinski definition) is 3. The first-order valence-corrected chi connectivity index (χ1v) is 9.54. The minimum absolute atomic E-state index is 0.605. The second kappa shape index (κ2) is 7.61. The Bertz CT molecular complexity index is 928. The average Bonchev–Trinajstić information content (AvgIpc) is 3.04. The van der Waals surface area contributed by atoms with Gasteiger partial charge in [0.2, 0.25) is 4.77 Å². The maximum absolute atomic E-state index is 6.11. The number of nitrogens with zero attached hydrogens (tertiary/aromatic N) is 3. The summed E-state index contributed by atoms with van der Waals surface area (Å²) in [5.41, 5.74) is 2.25. The standard InChI is InChI=1S/C19H20ClN5S/c20-16-7-4-8-17(13-16)24-11-9-23(10-12-24)14-25-19(26)21-18(22-25)15-5-2-1-3-6-15/h1-8,13H,9-12,14H2,(H,21,22,26)/p+1. The second-order valence-electron chi connectivity index (χ2n) is 6.52. The Balaban J connectivity index is 1.40. The van der Waals surface area contributed by atoms with Crippen molar-refractivity contribution in [1.29, 1.82) is 0 Å².